The number of methoxy groups -OCH3 is 2. The summed E-state index contributed by atoms with van der Waals surface area (Å²) in [7, 11) is 2.62. The van der Waals surface area contributed by atoms with E-state index in [9.17, 15) is 55.9 Å². The molecule has 10 N–H and O–H groups in total. The van der Waals surface area contributed by atoms with Crippen LogP contribution in [0.2, 0.25) is 0 Å². The van der Waals surface area contributed by atoms with E-state index in [-0.39, 0.29) is 39.5 Å². The highest BCUT2D eigenvalue weighted by Gasteiger charge is 2.51. The molecule has 304 valence electrons. The van der Waals surface area contributed by atoms with Crippen LogP contribution in [0.5, 0.6) is 28.7 Å². The molecule has 0 saturated carbocycles. The average molecular weight is 785 g/mol. The minimum Gasteiger partial charge on any atom is -0.507 e. The highest BCUT2D eigenvalue weighted by atomic mass is 16.7. The van der Waals surface area contributed by atoms with Crippen molar-refractivity contribution in [2.75, 3.05) is 20.8 Å². The quantitative estimate of drug-likeness (QED) is 0.104. The number of benzene rings is 2. The molecule has 55 heavy (non-hydrogen) atoms. The summed E-state index contributed by atoms with van der Waals surface area (Å²) in [5.74, 6) is -1.55. The summed E-state index contributed by atoms with van der Waals surface area (Å²) >= 11 is 0. The molecule has 6 rings (SSSR count). The Labute approximate surface area is 311 Å². The van der Waals surface area contributed by atoms with Gasteiger partial charge in [0.1, 0.15) is 83.5 Å². The van der Waals surface area contributed by atoms with E-state index >= 15 is 0 Å². The van der Waals surface area contributed by atoms with Gasteiger partial charge in [0.15, 0.2) is 29.8 Å². The predicted octanol–water partition coefficient (Wildman–Crippen LogP) is -2.23. The molecule has 0 radical (unpaired) electrons. The summed E-state index contributed by atoms with van der Waals surface area (Å²) in [6.07, 6.45) is -23.8. The first-order valence-corrected chi connectivity index (χ1v) is 17.2. The largest absolute Gasteiger partial charge is 0.507 e. The van der Waals surface area contributed by atoms with Crippen LogP contribution in [0.15, 0.2) is 39.5 Å². The first kappa shape index (κ1) is 40.8. The zero-order chi connectivity index (χ0) is 40.0. The molecule has 3 aliphatic heterocycles. The van der Waals surface area contributed by atoms with E-state index in [1.807, 2.05) is 0 Å². The fourth-order valence-electron chi connectivity index (χ4n) is 6.56. The molecule has 3 aliphatic rings. The standard InChI is InChI=1S/C35H44O20/c1-11-21(38)24(41)27(44)34(50-11)54-30-12(2)51-33(29(46)26(30)43)49-10-19-22(39)25(42)28(45)35(53-19)55-32-23(40)20-16(37)8-14(47-3)9-18(20)52-31(32)13-5-6-15(36)17(7-13)48-4/h5-9,11-12,19,21-22,24-30,33-39,41-46H,10H2,1-4H3. The zero-order valence-corrected chi connectivity index (χ0v) is 29.8. The van der Waals surface area contributed by atoms with Crippen molar-refractivity contribution in [1.82, 2.24) is 0 Å². The van der Waals surface area contributed by atoms with Gasteiger partial charge in [-0.2, -0.15) is 0 Å². The summed E-state index contributed by atoms with van der Waals surface area (Å²) in [5.41, 5.74) is -0.952. The summed E-state index contributed by atoms with van der Waals surface area (Å²) in [4.78, 5) is 14.0. The second-order valence-corrected chi connectivity index (χ2v) is 13.4. The van der Waals surface area contributed by atoms with Crippen LogP contribution in [0.1, 0.15) is 13.8 Å². The van der Waals surface area contributed by atoms with Crippen LogP contribution in [-0.4, -0.2) is 164 Å². The zero-order valence-electron chi connectivity index (χ0n) is 29.8. The van der Waals surface area contributed by atoms with E-state index in [0.717, 1.165) is 6.07 Å². The highest BCUT2D eigenvalue weighted by Crippen LogP contribution is 2.40. The minimum absolute atomic E-state index is 0.0121. The summed E-state index contributed by atoms with van der Waals surface area (Å²) in [6.45, 7) is 2.23. The average Bonchev–Trinajstić information content (AvgIpc) is 3.16. The van der Waals surface area contributed by atoms with Crippen LogP contribution in [0.3, 0.4) is 0 Å². The smallest absolute Gasteiger partial charge is 0.239 e. The minimum atomic E-state index is -1.98. The Morgan fingerprint density at radius 3 is 2.02 bits per heavy atom. The Morgan fingerprint density at radius 2 is 1.33 bits per heavy atom. The van der Waals surface area contributed by atoms with E-state index in [2.05, 4.69) is 0 Å². The van der Waals surface area contributed by atoms with Crippen LogP contribution in [0, 0.1) is 0 Å². The lowest BCUT2D eigenvalue weighted by Gasteiger charge is -2.46. The van der Waals surface area contributed by atoms with Crippen molar-refractivity contribution in [2.24, 2.45) is 0 Å². The van der Waals surface area contributed by atoms with Gasteiger partial charge in [0.05, 0.1) is 33.0 Å². The van der Waals surface area contributed by atoms with Crippen LogP contribution in [-0.2, 0) is 23.7 Å². The van der Waals surface area contributed by atoms with E-state index in [4.69, 9.17) is 42.3 Å². The molecule has 0 amide bonds. The predicted molar refractivity (Wildman–Crippen MR) is 181 cm³/mol. The molecule has 4 heterocycles. The summed E-state index contributed by atoms with van der Waals surface area (Å²) in [6, 6.07) is 6.42. The van der Waals surface area contributed by atoms with Gasteiger partial charge in [-0.25, -0.2) is 0 Å². The van der Waals surface area contributed by atoms with Crippen molar-refractivity contribution in [3.8, 4) is 40.1 Å². The fraction of sp³-hybridized carbons (Fsp3) is 0.571. The van der Waals surface area contributed by atoms with Crippen molar-refractivity contribution in [3.63, 3.8) is 0 Å². The third-order valence-corrected chi connectivity index (χ3v) is 9.79. The van der Waals surface area contributed by atoms with Crippen molar-refractivity contribution < 1.29 is 93.4 Å². The molecule has 3 saturated heterocycles. The SMILES string of the molecule is COc1cc(O)c2c(=O)c(OC3OC(COC4OC(C)C(OC5OC(C)C(O)C(O)C5O)C(O)C4O)C(O)C(O)C3O)c(-c3ccc(O)c(OC)c3)oc2c1. The Hall–Kier alpha value is -3.87. The number of rotatable bonds is 10. The molecule has 0 bridgehead atoms. The van der Waals surface area contributed by atoms with E-state index in [1.54, 1.807) is 0 Å². The molecule has 1 aromatic heterocycles. The molecule has 20 heteroatoms. The summed E-state index contributed by atoms with van der Waals surface area (Å²) < 4.78 is 50.4. The first-order valence-electron chi connectivity index (χ1n) is 17.2. The number of aliphatic hydroxyl groups is 8. The number of hydrogen-bond donors (Lipinski definition) is 10. The fourth-order valence-corrected chi connectivity index (χ4v) is 6.56. The lowest BCUT2D eigenvalue weighted by atomic mass is 9.97. The van der Waals surface area contributed by atoms with Gasteiger partial charge in [-0.15, -0.1) is 0 Å². The van der Waals surface area contributed by atoms with Crippen LogP contribution < -0.4 is 19.6 Å². The van der Waals surface area contributed by atoms with Crippen LogP contribution >= 0.6 is 0 Å². The van der Waals surface area contributed by atoms with E-state index in [0.29, 0.717) is 0 Å². The number of ether oxygens (including phenoxy) is 8. The number of fused-ring (bicyclic) bond motifs is 1. The van der Waals surface area contributed by atoms with Crippen molar-refractivity contribution in [1.29, 1.82) is 0 Å². The first-order chi connectivity index (χ1) is 26.1. The molecule has 0 aliphatic carbocycles. The van der Waals surface area contributed by atoms with Crippen molar-refractivity contribution in [3.05, 3.63) is 40.6 Å². The topological polar surface area (TPSA) is 306 Å². The molecular formula is C35H44O20. The number of aliphatic hydroxyl groups excluding tert-OH is 8. The third-order valence-electron chi connectivity index (χ3n) is 9.79. The van der Waals surface area contributed by atoms with Gasteiger partial charge < -0.3 is 93.4 Å². The number of aromatic hydroxyl groups is 2. The van der Waals surface area contributed by atoms with Gasteiger partial charge in [-0.3, -0.25) is 4.79 Å². The molecule has 2 aromatic carbocycles. The van der Waals surface area contributed by atoms with Gasteiger partial charge in [-0.1, -0.05) is 0 Å². The van der Waals surface area contributed by atoms with E-state index < -0.39 is 116 Å². The molecule has 15 atom stereocenters. The van der Waals surface area contributed by atoms with Crippen LogP contribution in [0.4, 0.5) is 0 Å². The van der Waals surface area contributed by atoms with Crippen LogP contribution in [0.25, 0.3) is 22.3 Å². The normalized spacial score (nSPS) is 36.8. The van der Waals surface area contributed by atoms with E-state index in [1.165, 1.54) is 52.3 Å². The van der Waals surface area contributed by atoms with Gasteiger partial charge in [0.25, 0.3) is 0 Å². The Bertz CT molecular complexity index is 1870. The van der Waals surface area contributed by atoms with Gasteiger partial charge in [-0.05, 0) is 32.0 Å². The highest BCUT2D eigenvalue weighted by molar-refractivity contribution is 5.88. The monoisotopic (exact) mass is 784 g/mol. The number of phenolic OH excluding ortho intramolecular Hbond substituents is 2. The Kier molecular flexibility index (Phi) is 12.1. The Balaban J connectivity index is 1.22. The second kappa shape index (κ2) is 16.3. The molecule has 20 nitrogen and oxygen atoms in total. The number of phenols is 2. The molecule has 3 fully saturated rings. The Morgan fingerprint density at radius 1 is 0.673 bits per heavy atom. The van der Waals surface area contributed by atoms with Gasteiger partial charge in [0.2, 0.25) is 17.5 Å². The summed E-state index contributed by atoms with van der Waals surface area (Å²) in [5, 5.41) is 105. The lowest BCUT2D eigenvalue weighted by molar-refractivity contribution is -0.357. The lowest BCUT2D eigenvalue weighted by Crippen LogP contribution is -2.63. The molecule has 15 unspecified atom stereocenters. The molecule has 0 spiro atoms. The third kappa shape index (κ3) is 7.79. The molecular weight excluding hydrogens is 740 g/mol. The molecule has 3 aromatic rings. The van der Waals surface area contributed by atoms with Crippen molar-refractivity contribution in [2.45, 2.75) is 106 Å². The number of hydrogen-bond acceptors (Lipinski definition) is 20. The van der Waals surface area contributed by atoms with Gasteiger partial charge >= 0.3 is 0 Å². The van der Waals surface area contributed by atoms with Gasteiger partial charge in [0, 0.05) is 17.7 Å². The maximum Gasteiger partial charge on any atom is 0.239 e. The second-order valence-electron chi connectivity index (χ2n) is 13.4. The maximum atomic E-state index is 14.0. The maximum absolute atomic E-state index is 14.0. The van der Waals surface area contributed by atoms with Crippen molar-refractivity contribution >= 4 is 11.0 Å².